The molecule has 1 N–H and O–H groups in total. The van der Waals surface area contributed by atoms with Gasteiger partial charge in [-0.1, -0.05) is 0 Å². The van der Waals surface area contributed by atoms with Crippen molar-refractivity contribution in [2.24, 2.45) is 5.92 Å². The summed E-state index contributed by atoms with van der Waals surface area (Å²) in [6.07, 6.45) is 3.49. The molecule has 2 aromatic rings. The number of amides is 1. The van der Waals surface area contributed by atoms with E-state index in [9.17, 15) is 4.79 Å². The Kier molecular flexibility index (Phi) is 4.37. The maximum Gasteiger partial charge on any atom is 0.225 e. The highest BCUT2D eigenvalue weighted by molar-refractivity contribution is 5.79. The van der Waals surface area contributed by atoms with Crippen molar-refractivity contribution >= 4 is 11.7 Å². The number of hydrogen-bond acceptors (Lipinski definition) is 5. The van der Waals surface area contributed by atoms with Gasteiger partial charge in [-0.05, 0) is 44.0 Å². The van der Waals surface area contributed by atoms with Crippen LogP contribution in [0.5, 0.6) is 0 Å². The minimum Gasteiger partial charge on any atom is -0.467 e. The molecule has 116 valence electrons. The molecule has 0 saturated carbocycles. The molecular weight excluding hydrogens is 280 g/mol. The summed E-state index contributed by atoms with van der Waals surface area (Å²) in [6, 6.07) is 7.59. The fourth-order valence-corrected chi connectivity index (χ4v) is 2.69. The molecule has 0 aliphatic carbocycles. The second-order valence-electron chi connectivity index (χ2n) is 5.62. The van der Waals surface area contributed by atoms with Crippen molar-refractivity contribution in [2.45, 2.75) is 26.3 Å². The third kappa shape index (κ3) is 3.44. The van der Waals surface area contributed by atoms with Crippen LogP contribution in [0.3, 0.4) is 0 Å². The number of aryl methyl sites for hydroxylation is 1. The molecule has 6 heteroatoms. The molecule has 1 atom stereocenters. The van der Waals surface area contributed by atoms with Crippen molar-refractivity contribution in [1.82, 2.24) is 15.5 Å². The zero-order valence-corrected chi connectivity index (χ0v) is 12.7. The van der Waals surface area contributed by atoms with E-state index in [1.54, 1.807) is 6.26 Å². The molecule has 0 radical (unpaired) electrons. The van der Waals surface area contributed by atoms with Crippen LogP contribution in [-0.2, 0) is 11.3 Å². The summed E-state index contributed by atoms with van der Waals surface area (Å²) in [6.45, 7) is 3.95. The lowest BCUT2D eigenvalue weighted by Crippen LogP contribution is -2.43. The highest BCUT2D eigenvalue weighted by atomic mass is 16.3. The lowest BCUT2D eigenvalue weighted by molar-refractivity contribution is -0.125. The van der Waals surface area contributed by atoms with Crippen LogP contribution < -0.4 is 10.2 Å². The Labute approximate surface area is 129 Å². The maximum absolute atomic E-state index is 12.3. The molecule has 0 aromatic carbocycles. The van der Waals surface area contributed by atoms with Crippen LogP contribution in [0.25, 0.3) is 0 Å². The Balaban J connectivity index is 1.57. The molecule has 1 fully saturated rings. The van der Waals surface area contributed by atoms with Gasteiger partial charge < -0.3 is 14.6 Å². The van der Waals surface area contributed by atoms with Gasteiger partial charge in [0.25, 0.3) is 0 Å². The summed E-state index contributed by atoms with van der Waals surface area (Å²) in [7, 11) is 0. The van der Waals surface area contributed by atoms with E-state index in [0.717, 1.165) is 36.7 Å². The molecule has 1 aliphatic rings. The van der Waals surface area contributed by atoms with Gasteiger partial charge in [-0.3, -0.25) is 4.79 Å². The van der Waals surface area contributed by atoms with Crippen molar-refractivity contribution in [2.75, 3.05) is 18.0 Å². The van der Waals surface area contributed by atoms with Gasteiger partial charge in [-0.15, -0.1) is 5.10 Å². The second kappa shape index (κ2) is 6.60. The standard InChI is InChI=1S/C16H20N4O2/c1-12-6-7-15(19-18-12)20-8-2-4-13(11-20)16(21)17-10-14-5-3-9-22-14/h3,5-7,9,13H,2,4,8,10-11H2,1H3,(H,17,21). The van der Waals surface area contributed by atoms with Crippen LogP contribution in [0.2, 0.25) is 0 Å². The molecule has 1 amide bonds. The first-order chi connectivity index (χ1) is 10.7. The molecule has 0 spiro atoms. The van der Waals surface area contributed by atoms with Crippen LogP contribution in [0.15, 0.2) is 34.9 Å². The quantitative estimate of drug-likeness (QED) is 0.934. The Morgan fingerprint density at radius 2 is 2.32 bits per heavy atom. The minimum atomic E-state index is -0.0215. The second-order valence-corrected chi connectivity index (χ2v) is 5.62. The van der Waals surface area contributed by atoms with Crippen molar-refractivity contribution in [1.29, 1.82) is 0 Å². The number of piperidine rings is 1. The van der Waals surface area contributed by atoms with Gasteiger partial charge in [-0.25, -0.2) is 0 Å². The van der Waals surface area contributed by atoms with Gasteiger partial charge in [0, 0.05) is 13.1 Å². The van der Waals surface area contributed by atoms with Gasteiger partial charge in [0.1, 0.15) is 5.76 Å². The van der Waals surface area contributed by atoms with E-state index in [0.29, 0.717) is 13.1 Å². The highest BCUT2D eigenvalue weighted by Gasteiger charge is 2.26. The van der Waals surface area contributed by atoms with E-state index in [1.807, 2.05) is 31.2 Å². The number of carbonyl (C=O) groups excluding carboxylic acids is 1. The van der Waals surface area contributed by atoms with Crippen LogP contribution in [0.4, 0.5) is 5.82 Å². The van der Waals surface area contributed by atoms with Gasteiger partial charge in [-0.2, -0.15) is 5.10 Å². The molecule has 22 heavy (non-hydrogen) atoms. The molecule has 1 unspecified atom stereocenters. The topological polar surface area (TPSA) is 71.3 Å². The third-order valence-electron chi connectivity index (χ3n) is 3.92. The van der Waals surface area contributed by atoms with Crippen LogP contribution in [0, 0.1) is 12.8 Å². The first-order valence-electron chi connectivity index (χ1n) is 7.58. The molecule has 3 heterocycles. The molecule has 1 aliphatic heterocycles. The Hall–Kier alpha value is -2.37. The Morgan fingerprint density at radius 1 is 1.41 bits per heavy atom. The number of furan rings is 1. The average molecular weight is 300 g/mol. The van der Waals surface area contributed by atoms with E-state index in [1.165, 1.54) is 0 Å². The van der Waals surface area contributed by atoms with Gasteiger partial charge in [0.2, 0.25) is 5.91 Å². The average Bonchev–Trinajstić information content (AvgIpc) is 3.07. The molecule has 0 bridgehead atoms. The number of carbonyl (C=O) groups is 1. The first kappa shape index (κ1) is 14.6. The highest BCUT2D eigenvalue weighted by Crippen LogP contribution is 2.21. The fourth-order valence-electron chi connectivity index (χ4n) is 2.69. The number of rotatable bonds is 4. The Morgan fingerprint density at radius 3 is 3.05 bits per heavy atom. The fraction of sp³-hybridized carbons (Fsp3) is 0.438. The summed E-state index contributed by atoms with van der Waals surface area (Å²) in [5.41, 5.74) is 0.897. The maximum atomic E-state index is 12.3. The number of anilines is 1. The Bertz CT molecular complexity index is 610. The summed E-state index contributed by atoms with van der Waals surface area (Å²) < 4.78 is 5.23. The predicted molar refractivity (Wildman–Crippen MR) is 82.3 cm³/mol. The SMILES string of the molecule is Cc1ccc(N2CCCC(C(=O)NCc3ccco3)C2)nn1. The van der Waals surface area contributed by atoms with Crippen LogP contribution in [0.1, 0.15) is 24.3 Å². The summed E-state index contributed by atoms with van der Waals surface area (Å²) in [5, 5.41) is 11.2. The first-order valence-corrected chi connectivity index (χ1v) is 7.58. The van der Waals surface area contributed by atoms with E-state index in [2.05, 4.69) is 20.4 Å². The van der Waals surface area contributed by atoms with Crippen LogP contribution >= 0.6 is 0 Å². The molecule has 3 rings (SSSR count). The summed E-state index contributed by atoms with van der Waals surface area (Å²) >= 11 is 0. The van der Waals surface area contributed by atoms with Crippen molar-refractivity contribution < 1.29 is 9.21 Å². The predicted octanol–water partition coefficient (Wildman–Crippen LogP) is 1.91. The lowest BCUT2D eigenvalue weighted by Gasteiger charge is -2.32. The van der Waals surface area contributed by atoms with Crippen molar-refractivity contribution in [3.8, 4) is 0 Å². The molecule has 1 saturated heterocycles. The largest absolute Gasteiger partial charge is 0.467 e. The lowest BCUT2D eigenvalue weighted by atomic mass is 9.97. The zero-order valence-electron chi connectivity index (χ0n) is 12.7. The van der Waals surface area contributed by atoms with E-state index >= 15 is 0 Å². The van der Waals surface area contributed by atoms with Gasteiger partial charge in [0.15, 0.2) is 5.82 Å². The number of nitrogens with one attached hydrogen (secondary N) is 1. The summed E-state index contributed by atoms with van der Waals surface area (Å²) in [4.78, 5) is 14.4. The number of hydrogen-bond donors (Lipinski definition) is 1. The van der Waals surface area contributed by atoms with Gasteiger partial charge >= 0.3 is 0 Å². The van der Waals surface area contributed by atoms with Crippen LogP contribution in [-0.4, -0.2) is 29.2 Å². The zero-order chi connectivity index (χ0) is 15.4. The monoisotopic (exact) mass is 300 g/mol. The number of nitrogens with zero attached hydrogens (tertiary/aromatic N) is 3. The van der Waals surface area contributed by atoms with E-state index in [-0.39, 0.29) is 11.8 Å². The third-order valence-corrected chi connectivity index (χ3v) is 3.92. The minimum absolute atomic E-state index is 0.0215. The molecular formula is C16H20N4O2. The van der Waals surface area contributed by atoms with Crippen molar-refractivity contribution in [3.05, 3.63) is 42.0 Å². The number of aromatic nitrogens is 2. The molecule has 2 aromatic heterocycles. The molecule has 6 nitrogen and oxygen atoms in total. The smallest absolute Gasteiger partial charge is 0.225 e. The summed E-state index contributed by atoms with van der Waals surface area (Å²) in [5.74, 6) is 1.66. The van der Waals surface area contributed by atoms with Gasteiger partial charge in [0.05, 0.1) is 24.4 Å². The van der Waals surface area contributed by atoms with Crippen molar-refractivity contribution in [3.63, 3.8) is 0 Å². The van der Waals surface area contributed by atoms with E-state index in [4.69, 9.17) is 4.42 Å². The normalized spacial score (nSPS) is 18.2. The van der Waals surface area contributed by atoms with E-state index < -0.39 is 0 Å².